The number of unbranched alkanes of at least 4 members (excludes halogenated alkanes) is 1. The van der Waals surface area contributed by atoms with Crippen molar-refractivity contribution in [2.45, 2.75) is 51.9 Å². The Kier molecular flexibility index (Phi) is 6.48. The van der Waals surface area contributed by atoms with E-state index in [9.17, 15) is 9.59 Å². The van der Waals surface area contributed by atoms with Gasteiger partial charge in [0.05, 0.1) is 12.0 Å². The average Bonchev–Trinajstić information content (AvgIpc) is 3.12. The van der Waals surface area contributed by atoms with Crippen molar-refractivity contribution >= 4 is 38.9 Å². The van der Waals surface area contributed by atoms with E-state index < -0.39 is 0 Å². The van der Waals surface area contributed by atoms with E-state index in [2.05, 4.69) is 35.8 Å². The van der Waals surface area contributed by atoms with E-state index in [1.54, 1.807) is 11.3 Å². The van der Waals surface area contributed by atoms with Gasteiger partial charge in [-0.05, 0) is 54.0 Å². The molecule has 156 valence electrons. The van der Waals surface area contributed by atoms with Crippen molar-refractivity contribution in [3.05, 3.63) is 64.0 Å². The number of rotatable bonds is 7. The number of nitrogens with one attached hydrogen (secondary N) is 2. The molecule has 2 amide bonds. The molecule has 0 atom stereocenters. The van der Waals surface area contributed by atoms with Gasteiger partial charge < -0.3 is 10.6 Å². The van der Waals surface area contributed by atoms with Gasteiger partial charge in [-0.1, -0.05) is 55.8 Å². The van der Waals surface area contributed by atoms with E-state index in [4.69, 9.17) is 0 Å². The minimum absolute atomic E-state index is 0.0525. The van der Waals surface area contributed by atoms with Crippen LogP contribution >= 0.6 is 11.3 Å². The van der Waals surface area contributed by atoms with Gasteiger partial charge in [-0.2, -0.15) is 0 Å². The lowest BCUT2D eigenvalue weighted by Crippen LogP contribution is -2.27. The fraction of sp³-hybridized carbons (Fsp3) is 0.360. The van der Waals surface area contributed by atoms with Crippen LogP contribution in [-0.4, -0.2) is 18.4 Å². The monoisotopic (exact) mass is 420 g/mol. The number of fused-ring (bicyclic) bond motifs is 2. The number of thiophene rings is 1. The Labute approximate surface area is 181 Å². The normalized spacial score (nSPS) is 13.1. The maximum Gasteiger partial charge on any atom is 0.254 e. The Morgan fingerprint density at radius 2 is 1.83 bits per heavy atom. The molecule has 0 radical (unpaired) electrons. The van der Waals surface area contributed by atoms with Crippen molar-refractivity contribution in [3.8, 4) is 0 Å². The van der Waals surface area contributed by atoms with E-state index in [1.807, 2.05) is 24.3 Å². The van der Waals surface area contributed by atoms with Gasteiger partial charge in [0.2, 0.25) is 5.91 Å². The van der Waals surface area contributed by atoms with Gasteiger partial charge in [0.15, 0.2) is 0 Å². The van der Waals surface area contributed by atoms with Crippen LogP contribution in [0.25, 0.3) is 10.8 Å². The molecule has 4 nitrogen and oxygen atoms in total. The fourth-order valence-electron chi connectivity index (χ4n) is 4.15. The van der Waals surface area contributed by atoms with Crippen molar-refractivity contribution in [1.82, 2.24) is 5.32 Å². The molecule has 0 saturated heterocycles. The van der Waals surface area contributed by atoms with Crippen molar-refractivity contribution in [3.63, 3.8) is 0 Å². The lowest BCUT2D eigenvalue weighted by atomic mass is 9.95. The number of amides is 2. The summed E-state index contributed by atoms with van der Waals surface area (Å²) in [5.41, 5.74) is 2.83. The smallest absolute Gasteiger partial charge is 0.254 e. The van der Waals surface area contributed by atoms with Crippen molar-refractivity contribution in [2.75, 3.05) is 11.9 Å². The Bertz CT molecular complexity index is 1060. The lowest BCUT2D eigenvalue weighted by Gasteiger charge is -2.13. The lowest BCUT2D eigenvalue weighted by molar-refractivity contribution is -0.115. The summed E-state index contributed by atoms with van der Waals surface area (Å²) < 4.78 is 0. The molecule has 5 heteroatoms. The highest BCUT2D eigenvalue weighted by Gasteiger charge is 2.26. The molecule has 0 bridgehead atoms. The number of benzene rings is 2. The molecule has 0 unspecified atom stereocenters. The van der Waals surface area contributed by atoms with Gasteiger partial charge in [0.1, 0.15) is 5.00 Å². The van der Waals surface area contributed by atoms with E-state index in [0.29, 0.717) is 23.5 Å². The van der Waals surface area contributed by atoms with Crippen LogP contribution in [0.3, 0.4) is 0 Å². The van der Waals surface area contributed by atoms with Crippen LogP contribution in [0.1, 0.15) is 59.0 Å². The molecule has 1 heterocycles. The summed E-state index contributed by atoms with van der Waals surface area (Å²) in [5.74, 6) is -0.129. The maximum atomic E-state index is 12.9. The fourth-order valence-corrected chi connectivity index (χ4v) is 5.45. The maximum absolute atomic E-state index is 12.9. The first-order chi connectivity index (χ1) is 14.7. The first-order valence-electron chi connectivity index (χ1n) is 10.9. The molecule has 2 aromatic carbocycles. The number of hydrogen-bond donors (Lipinski definition) is 2. The minimum atomic E-state index is -0.0763. The predicted molar refractivity (Wildman–Crippen MR) is 124 cm³/mol. The molecular formula is C25H28N2O2S. The summed E-state index contributed by atoms with van der Waals surface area (Å²) in [7, 11) is 0. The summed E-state index contributed by atoms with van der Waals surface area (Å²) in [6.07, 6.45) is 6.45. The molecule has 1 aliphatic carbocycles. The molecule has 4 rings (SSSR count). The van der Waals surface area contributed by atoms with Gasteiger partial charge in [-0.15, -0.1) is 11.3 Å². The topological polar surface area (TPSA) is 58.2 Å². The number of aryl methyl sites for hydroxylation is 1. The second-order valence-electron chi connectivity index (χ2n) is 7.89. The first kappa shape index (κ1) is 20.6. The van der Waals surface area contributed by atoms with E-state index >= 15 is 0 Å². The quantitative estimate of drug-likeness (QED) is 0.497. The molecule has 0 aliphatic heterocycles. The molecule has 3 aromatic rings. The van der Waals surface area contributed by atoms with Gasteiger partial charge >= 0.3 is 0 Å². The third-order valence-corrected chi connectivity index (χ3v) is 6.91. The third-order valence-electron chi connectivity index (χ3n) is 5.70. The van der Waals surface area contributed by atoms with Crippen LogP contribution in [0.15, 0.2) is 42.5 Å². The highest BCUT2D eigenvalue weighted by Crippen LogP contribution is 2.38. The van der Waals surface area contributed by atoms with Crippen LogP contribution < -0.4 is 10.6 Å². The largest absolute Gasteiger partial charge is 0.352 e. The van der Waals surface area contributed by atoms with Gasteiger partial charge in [0, 0.05) is 11.4 Å². The molecule has 0 fully saturated rings. The SMILES string of the molecule is CCCCNC(=O)c1c(NC(=O)Cc2cccc3ccccc23)sc2c1CCCC2. The zero-order valence-electron chi connectivity index (χ0n) is 17.4. The third kappa shape index (κ3) is 4.41. The summed E-state index contributed by atoms with van der Waals surface area (Å²) in [6.45, 7) is 2.78. The Hall–Kier alpha value is -2.66. The average molecular weight is 421 g/mol. The molecule has 0 saturated carbocycles. The summed E-state index contributed by atoms with van der Waals surface area (Å²) in [4.78, 5) is 27.1. The van der Waals surface area contributed by atoms with E-state index in [0.717, 1.165) is 60.4 Å². The Morgan fingerprint density at radius 3 is 2.70 bits per heavy atom. The van der Waals surface area contributed by atoms with Crippen LogP contribution in [-0.2, 0) is 24.1 Å². The van der Waals surface area contributed by atoms with Crippen LogP contribution in [0.5, 0.6) is 0 Å². The highest BCUT2D eigenvalue weighted by atomic mass is 32.1. The number of anilines is 1. The number of carbonyl (C=O) groups is 2. The molecular weight excluding hydrogens is 392 g/mol. The summed E-state index contributed by atoms with van der Waals surface area (Å²) in [6, 6.07) is 14.2. The zero-order chi connectivity index (χ0) is 20.9. The molecule has 1 aliphatic rings. The highest BCUT2D eigenvalue weighted by molar-refractivity contribution is 7.17. The van der Waals surface area contributed by atoms with Crippen LogP contribution in [0, 0.1) is 0 Å². The van der Waals surface area contributed by atoms with E-state index in [1.165, 1.54) is 4.88 Å². The minimum Gasteiger partial charge on any atom is -0.352 e. The Balaban J connectivity index is 1.56. The first-order valence-corrected chi connectivity index (χ1v) is 11.7. The van der Waals surface area contributed by atoms with Gasteiger partial charge in [-0.3, -0.25) is 9.59 Å². The molecule has 1 aromatic heterocycles. The van der Waals surface area contributed by atoms with Crippen molar-refractivity contribution in [2.24, 2.45) is 0 Å². The zero-order valence-corrected chi connectivity index (χ0v) is 18.2. The molecule has 2 N–H and O–H groups in total. The number of hydrogen-bond acceptors (Lipinski definition) is 3. The summed E-state index contributed by atoms with van der Waals surface area (Å²) in [5, 5.41) is 9.05. The second kappa shape index (κ2) is 9.43. The van der Waals surface area contributed by atoms with Crippen LogP contribution in [0.4, 0.5) is 5.00 Å². The standard InChI is InChI=1S/C25H28N2O2S/c1-2-3-15-26-24(29)23-20-13-6-7-14-21(20)30-25(23)27-22(28)16-18-11-8-10-17-9-4-5-12-19(17)18/h4-5,8-12H,2-3,6-7,13-16H2,1H3,(H,26,29)(H,27,28). The van der Waals surface area contributed by atoms with Gasteiger partial charge in [0.25, 0.3) is 5.91 Å². The molecule has 0 spiro atoms. The number of carbonyl (C=O) groups excluding carboxylic acids is 2. The predicted octanol–water partition coefficient (Wildman–Crippen LogP) is 5.49. The summed E-state index contributed by atoms with van der Waals surface area (Å²) >= 11 is 1.58. The van der Waals surface area contributed by atoms with Crippen molar-refractivity contribution < 1.29 is 9.59 Å². The second-order valence-corrected chi connectivity index (χ2v) is 8.99. The van der Waals surface area contributed by atoms with Gasteiger partial charge in [-0.25, -0.2) is 0 Å². The molecule has 30 heavy (non-hydrogen) atoms. The Morgan fingerprint density at radius 1 is 1.03 bits per heavy atom. The van der Waals surface area contributed by atoms with E-state index in [-0.39, 0.29) is 11.8 Å². The van der Waals surface area contributed by atoms with Crippen molar-refractivity contribution in [1.29, 1.82) is 0 Å². The van der Waals surface area contributed by atoms with Crippen LogP contribution in [0.2, 0.25) is 0 Å².